The quantitative estimate of drug-likeness (QED) is 0.421. The van der Waals surface area contributed by atoms with E-state index in [1.807, 2.05) is 0 Å². The molecule has 0 aromatic heterocycles. The van der Waals surface area contributed by atoms with E-state index in [-0.39, 0.29) is 24.3 Å². The Kier molecular flexibility index (Phi) is 8.46. The largest absolute Gasteiger partial charge is 0.469 e. The van der Waals surface area contributed by atoms with Crippen LogP contribution in [0.4, 0.5) is 0 Å². The first-order chi connectivity index (χ1) is 7.61. The van der Waals surface area contributed by atoms with Gasteiger partial charge in [-0.1, -0.05) is 6.92 Å². The first-order valence-corrected chi connectivity index (χ1v) is 5.16. The molecule has 0 aliphatic heterocycles. The van der Waals surface area contributed by atoms with Gasteiger partial charge >= 0.3 is 5.97 Å². The van der Waals surface area contributed by atoms with Gasteiger partial charge in [0.05, 0.1) is 26.2 Å². The second-order valence-electron chi connectivity index (χ2n) is 3.40. The zero-order valence-corrected chi connectivity index (χ0v) is 10.0. The lowest BCUT2D eigenvalue weighted by molar-refractivity contribution is -0.144. The fourth-order valence-corrected chi connectivity index (χ4v) is 1.04. The summed E-state index contributed by atoms with van der Waals surface area (Å²) < 4.78 is 9.34. The second-order valence-corrected chi connectivity index (χ2v) is 3.40. The number of carbonyl (C=O) groups excluding carboxylic acids is 2. The predicted octanol–water partition coefficient (Wildman–Crippen LogP) is -0.852. The Morgan fingerprint density at radius 1 is 1.31 bits per heavy atom. The molecule has 0 radical (unpaired) electrons. The van der Waals surface area contributed by atoms with E-state index in [0.29, 0.717) is 19.7 Å². The van der Waals surface area contributed by atoms with Crippen molar-refractivity contribution in [2.45, 2.75) is 6.92 Å². The fourth-order valence-electron chi connectivity index (χ4n) is 1.04. The molecule has 0 aliphatic rings. The molecule has 0 saturated heterocycles. The van der Waals surface area contributed by atoms with Gasteiger partial charge in [0, 0.05) is 20.2 Å². The van der Waals surface area contributed by atoms with Crippen molar-refractivity contribution in [2.75, 3.05) is 40.5 Å². The summed E-state index contributed by atoms with van der Waals surface area (Å²) in [5.41, 5.74) is 0. The van der Waals surface area contributed by atoms with Gasteiger partial charge in [-0.25, -0.2) is 0 Å². The molecule has 2 N–H and O–H groups in total. The van der Waals surface area contributed by atoms with Crippen LogP contribution in [0.3, 0.4) is 0 Å². The number of hydrogen-bond donors (Lipinski definition) is 2. The summed E-state index contributed by atoms with van der Waals surface area (Å²) >= 11 is 0. The number of methoxy groups -OCH3 is 2. The molecular formula is C10H20N2O4. The number of nitrogens with one attached hydrogen (secondary N) is 2. The predicted molar refractivity (Wildman–Crippen MR) is 58.9 cm³/mol. The molecule has 0 aliphatic carbocycles. The highest BCUT2D eigenvalue weighted by Crippen LogP contribution is 1.94. The van der Waals surface area contributed by atoms with E-state index in [9.17, 15) is 9.59 Å². The highest BCUT2D eigenvalue weighted by atomic mass is 16.5. The molecule has 6 heteroatoms. The Bertz CT molecular complexity index is 221. The van der Waals surface area contributed by atoms with Crippen LogP contribution in [-0.2, 0) is 19.1 Å². The maximum Gasteiger partial charge on any atom is 0.309 e. The van der Waals surface area contributed by atoms with Crippen LogP contribution in [0.1, 0.15) is 6.92 Å². The van der Waals surface area contributed by atoms with Crippen LogP contribution in [-0.4, -0.2) is 52.3 Å². The Morgan fingerprint density at radius 2 is 2.00 bits per heavy atom. The van der Waals surface area contributed by atoms with E-state index in [1.54, 1.807) is 14.0 Å². The van der Waals surface area contributed by atoms with Gasteiger partial charge in [0.15, 0.2) is 0 Å². The molecule has 6 nitrogen and oxygen atoms in total. The molecule has 0 spiro atoms. The standard InChI is InChI=1S/C10H20N2O4/c1-8(10(14)16-3)6-11-7-9(13)12-4-5-15-2/h8,11H,4-7H2,1-3H3,(H,12,13). The Morgan fingerprint density at radius 3 is 2.56 bits per heavy atom. The molecule has 0 saturated carbocycles. The summed E-state index contributed by atoms with van der Waals surface area (Å²) in [4.78, 5) is 22.2. The molecule has 0 rings (SSSR count). The van der Waals surface area contributed by atoms with Gasteiger partial charge in [0.25, 0.3) is 0 Å². The minimum absolute atomic E-state index is 0.117. The second kappa shape index (κ2) is 9.11. The smallest absolute Gasteiger partial charge is 0.309 e. The van der Waals surface area contributed by atoms with Crippen molar-refractivity contribution in [3.05, 3.63) is 0 Å². The highest BCUT2D eigenvalue weighted by molar-refractivity contribution is 5.78. The summed E-state index contributed by atoms with van der Waals surface area (Å²) in [5, 5.41) is 5.53. The molecule has 16 heavy (non-hydrogen) atoms. The molecule has 0 aromatic rings. The van der Waals surface area contributed by atoms with Crippen LogP contribution in [0.2, 0.25) is 0 Å². The Labute approximate surface area is 95.7 Å². The maximum atomic E-state index is 11.2. The van der Waals surface area contributed by atoms with Crippen molar-refractivity contribution in [1.29, 1.82) is 0 Å². The van der Waals surface area contributed by atoms with Crippen LogP contribution in [0.5, 0.6) is 0 Å². The van der Waals surface area contributed by atoms with Crippen LogP contribution >= 0.6 is 0 Å². The normalized spacial score (nSPS) is 11.9. The first-order valence-electron chi connectivity index (χ1n) is 5.16. The fraction of sp³-hybridized carbons (Fsp3) is 0.800. The number of rotatable bonds is 8. The first kappa shape index (κ1) is 14.9. The van der Waals surface area contributed by atoms with Crippen molar-refractivity contribution >= 4 is 11.9 Å². The summed E-state index contributed by atoms with van der Waals surface area (Å²) in [6.45, 7) is 3.32. The molecule has 1 amide bonds. The average Bonchev–Trinajstić information content (AvgIpc) is 2.28. The topological polar surface area (TPSA) is 76.7 Å². The number of ether oxygens (including phenoxy) is 2. The third-order valence-corrected chi connectivity index (χ3v) is 1.97. The van der Waals surface area contributed by atoms with E-state index in [2.05, 4.69) is 15.4 Å². The van der Waals surface area contributed by atoms with E-state index in [1.165, 1.54) is 7.11 Å². The number of hydrogen-bond acceptors (Lipinski definition) is 5. The van der Waals surface area contributed by atoms with E-state index < -0.39 is 0 Å². The molecule has 0 fully saturated rings. The van der Waals surface area contributed by atoms with Crippen molar-refractivity contribution in [2.24, 2.45) is 5.92 Å². The molecule has 0 heterocycles. The molecule has 1 atom stereocenters. The summed E-state index contributed by atoms with van der Waals surface area (Å²) in [5.74, 6) is -0.654. The summed E-state index contributed by atoms with van der Waals surface area (Å²) in [7, 11) is 2.92. The van der Waals surface area contributed by atoms with E-state index >= 15 is 0 Å². The van der Waals surface area contributed by atoms with Gasteiger partial charge < -0.3 is 20.1 Å². The molecule has 1 unspecified atom stereocenters. The van der Waals surface area contributed by atoms with Crippen molar-refractivity contribution in [3.8, 4) is 0 Å². The molecular weight excluding hydrogens is 212 g/mol. The van der Waals surface area contributed by atoms with Crippen molar-refractivity contribution in [1.82, 2.24) is 10.6 Å². The lowest BCUT2D eigenvalue weighted by Crippen LogP contribution is -2.38. The van der Waals surface area contributed by atoms with E-state index in [4.69, 9.17) is 4.74 Å². The third kappa shape index (κ3) is 7.19. The zero-order chi connectivity index (χ0) is 12.4. The van der Waals surface area contributed by atoms with Gasteiger partial charge in [0.2, 0.25) is 5.91 Å². The summed E-state index contributed by atoms with van der Waals surface area (Å²) in [6, 6.07) is 0. The van der Waals surface area contributed by atoms with Crippen LogP contribution in [0, 0.1) is 5.92 Å². The van der Waals surface area contributed by atoms with Gasteiger partial charge in [-0.3, -0.25) is 9.59 Å². The molecule has 0 bridgehead atoms. The monoisotopic (exact) mass is 232 g/mol. The third-order valence-electron chi connectivity index (χ3n) is 1.97. The number of carbonyl (C=O) groups is 2. The average molecular weight is 232 g/mol. The van der Waals surface area contributed by atoms with Crippen molar-refractivity contribution < 1.29 is 19.1 Å². The van der Waals surface area contributed by atoms with Crippen LogP contribution in [0.25, 0.3) is 0 Å². The maximum absolute atomic E-state index is 11.2. The van der Waals surface area contributed by atoms with Gasteiger partial charge in [-0.05, 0) is 0 Å². The minimum atomic E-state index is -0.285. The van der Waals surface area contributed by atoms with Crippen LogP contribution < -0.4 is 10.6 Å². The van der Waals surface area contributed by atoms with E-state index in [0.717, 1.165) is 0 Å². The highest BCUT2D eigenvalue weighted by Gasteiger charge is 2.12. The number of esters is 1. The lowest BCUT2D eigenvalue weighted by atomic mass is 10.2. The van der Waals surface area contributed by atoms with Gasteiger partial charge in [0.1, 0.15) is 0 Å². The molecule has 0 aromatic carbocycles. The van der Waals surface area contributed by atoms with Crippen molar-refractivity contribution in [3.63, 3.8) is 0 Å². The SMILES string of the molecule is COCCNC(=O)CNCC(C)C(=O)OC. The number of amides is 1. The van der Waals surface area contributed by atoms with Crippen LogP contribution in [0.15, 0.2) is 0 Å². The van der Waals surface area contributed by atoms with Gasteiger partial charge in [-0.15, -0.1) is 0 Å². The zero-order valence-electron chi connectivity index (χ0n) is 10.0. The Hall–Kier alpha value is -1.14. The van der Waals surface area contributed by atoms with Gasteiger partial charge in [-0.2, -0.15) is 0 Å². The Balaban J connectivity index is 3.50. The summed E-state index contributed by atoms with van der Waals surface area (Å²) in [6.07, 6.45) is 0. The minimum Gasteiger partial charge on any atom is -0.469 e. The molecule has 94 valence electrons. The lowest BCUT2D eigenvalue weighted by Gasteiger charge is -2.10.